The van der Waals surface area contributed by atoms with Gasteiger partial charge in [-0.05, 0) is 31.2 Å². The van der Waals surface area contributed by atoms with E-state index in [1.54, 1.807) is 11.0 Å². The number of nitrogens with one attached hydrogen (secondary N) is 1. The van der Waals surface area contributed by atoms with Crippen LogP contribution in [0.5, 0.6) is 0 Å². The first-order chi connectivity index (χ1) is 16.4. The number of alkyl halides is 3. The predicted octanol–water partition coefficient (Wildman–Crippen LogP) is 3.78. The zero-order chi connectivity index (χ0) is 23.7. The summed E-state index contributed by atoms with van der Waals surface area (Å²) in [5, 5.41) is 11.6. The number of H-pyrrole nitrogens is 1. The summed E-state index contributed by atoms with van der Waals surface area (Å²) in [7, 11) is 0. The summed E-state index contributed by atoms with van der Waals surface area (Å²) >= 11 is 0. The molecule has 4 heterocycles. The number of benzene rings is 1. The molecule has 11 heteroatoms. The molecule has 1 aliphatic heterocycles. The molecule has 1 aliphatic rings. The highest BCUT2D eigenvalue weighted by molar-refractivity contribution is 5.64. The second kappa shape index (κ2) is 8.90. The van der Waals surface area contributed by atoms with Gasteiger partial charge in [-0.1, -0.05) is 12.1 Å². The Labute approximate surface area is 194 Å². The van der Waals surface area contributed by atoms with Crippen LogP contribution in [0, 0.1) is 0 Å². The maximum atomic E-state index is 12.8. The van der Waals surface area contributed by atoms with Gasteiger partial charge in [-0.25, -0.2) is 14.6 Å². The Kier molecular flexibility index (Phi) is 5.78. The molecule has 0 aliphatic carbocycles. The summed E-state index contributed by atoms with van der Waals surface area (Å²) in [5.41, 5.74) is 3.16. The van der Waals surface area contributed by atoms with Crippen LogP contribution in [0.3, 0.4) is 0 Å². The second-order valence-corrected chi connectivity index (χ2v) is 8.33. The molecule has 176 valence electrons. The first-order valence-electron chi connectivity index (χ1n) is 10.9. The van der Waals surface area contributed by atoms with Crippen molar-refractivity contribution in [3.63, 3.8) is 0 Å². The highest BCUT2D eigenvalue weighted by atomic mass is 19.4. The fourth-order valence-electron chi connectivity index (χ4n) is 4.28. The van der Waals surface area contributed by atoms with Crippen LogP contribution >= 0.6 is 0 Å². The molecule has 3 aromatic heterocycles. The van der Waals surface area contributed by atoms with E-state index in [0.717, 1.165) is 54.4 Å². The van der Waals surface area contributed by atoms with E-state index in [1.165, 1.54) is 12.4 Å². The molecule has 5 rings (SSSR count). The minimum Gasteiger partial charge on any atom is -0.351 e. The van der Waals surface area contributed by atoms with Crippen molar-refractivity contribution in [1.29, 1.82) is 0 Å². The zero-order valence-electron chi connectivity index (χ0n) is 18.4. The topological polar surface area (TPSA) is 78.8 Å². The molecule has 0 radical (unpaired) electrons. The fourth-order valence-corrected chi connectivity index (χ4v) is 4.28. The van der Waals surface area contributed by atoms with Crippen molar-refractivity contribution >= 4 is 5.82 Å². The van der Waals surface area contributed by atoms with Crippen molar-refractivity contribution in [2.75, 3.05) is 24.5 Å². The van der Waals surface area contributed by atoms with E-state index in [4.69, 9.17) is 0 Å². The van der Waals surface area contributed by atoms with Crippen LogP contribution in [0.1, 0.15) is 18.1 Å². The number of aromatic nitrogens is 6. The van der Waals surface area contributed by atoms with E-state index in [0.29, 0.717) is 12.4 Å². The van der Waals surface area contributed by atoms with E-state index >= 15 is 0 Å². The van der Waals surface area contributed by atoms with Crippen LogP contribution in [0.25, 0.3) is 16.9 Å². The molecular weight excluding hydrogens is 445 g/mol. The van der Waals surface area contributed by atoms with Gasteiger partial charge in [0.2, 0.25) is 0 Å². The number of aromatic amines is 1. The first-order valence-corrected chi connectivity index (χ1v) is 10.9. The van der Waals surface area contributed by atoms with Crippen molar-refractivity contribution in [2.45, 2.75) is 25.7 Å². The lowest BCUT2D eigenvalue weighted by molar-refractivity contribution is -0.137. The molecule has 0 spiro atoms. The normalized spacial score (nSPS) is 17.3. The number of hydrogen-bond donors (Lipinski definition) is 1. The summed E-state index contributed by atoms with van der Waals surface area (Å²) in [6, 6.07) is 10.6. The highest BCUT2D eigenvalue weighted by Gasteiger charge is 2.32. The van der Waals surface area contributed by atoms with Crippen LogP contribution in [0.2, 0.25) is 0 Å². The van der Waals surface area contributed by atoms with Gasteiger partial charge in [0.25, 0.3) is 0 Å². The number of nitrogens with zero attached hydrogens (tertiary/aromatic N) is 7. The van der Waals surface area contributed by atoms with Gasteiger partial charge in [0.1, 0.15) is 18.5 Å². The molecular formula is C23H23F3N8. The SMILES string of the molecule is C[C@@H]1CN(Cc2c[nH]nc2-c2ccc(-n3cncn3)cc2)CCN1c1ccc(C(F)(F)F)cn1. The molecule has 4 aromatic rings. The fraction of sp³-hybridized carbons (Fsp3) is 0.304. The molecule has 1 N–H and O–H groups in total. The summed E-state index contributed by atoms with van der Waals surface area (Å²) in [6.07, 6.45) is 1.58. The molecule has 0 unspecified atom stereocenters. The third kappa shape index (κ3) is 4.51. The van der Waals surface area contributed by atoms with Gasteiger partial charge in [-0.3, -0.25) is 10.00 Å². The lowest BCUT2D eigenvalue weighted by Crippen LogP contribution is -2.51. The van der Waals surface area contributed by atoms with Gasteiger partial charge in [-0.2, -0.15) is 23.4 Å². The van der Waals surface area contributed by atoms with Gasteiger partial charge in [0.15, 0.2) is 0 Å². The third-order valence-electron chi connectivity index (χ3n) is 6.02. The monoisotopic (exact) mass is 468 g/mol. The smallest absolute Gasteiger partial charge is 0.351 e. The number of piperazine rings is 1. The van der Waals surface area contributed by atoms with E-state index < -0.39 is 11.7 Å². The maximum Gasteiger partial charge on any atom is 0.417 e. The Hall–Kier alpha value is -3.73. The summed E-state index contributed by atoms with van der Waals surface area (Å²) < 4.78 is 40.2. The van der Waals surface area contributed by atoms with E-state index in [2.05, 4.69) is 42.0 Å². The molecule has 0 amide bonds. The Morgan fingerprint density at radius 2 is 1.91 bits per heavy atom. The van der Waals surface area contributed by atoms with Crippen molar-refractivity contribution in [1.82, 2.24) is 34.8 Å². The minimum atomic E-state index is -4.38. The Bertz CT molecular complexity index is 1220. The average Bonchev–Trinajstić information content (AvgIpc) is 3.51. The van der Waals surface area contributed by atoms with Crippen LogP contribution < -0.4 is 4.90 Å². The molecule has 1 atom stereocenters. The molecule has 0 saturated carbocycles. The van der Waals surface area contributed by atoms with Crippen LogP contribution in [0.4, 0.5) is 19.0 Å². The van der Waals surface area contributed by atoms with Gasteiger partial charge >= 0.3 is 6.18 Å². The molecule has 0 bridgehead atoms. The van der Waals surface area contributed by atoms with Gasteiger partial charge in [-0.15, -0.1) is 0 Å². The van der Waals surface area contributed by atoms with E-state index in [-0.39, 0.29) is 6.04 Å². The summed E-state index contributed by atoms with van der Waals surface area (Å²) in [5.74, 6) is 0.566. The summed E-state index contributed by atoms with van der Waals surface area (Å²) in [6.45, 7) is 4.99. The number of hydrogen-bond acceptors (Lipinski definition) is 6. The largest absolute Gasteiger partial charge is 0.417 e. The lowest BCUT2D eigenvalue weighted by atomic mass is 10.1. The van der Waals surface area contributed by atoms with Crippen molar-refractivity contribution in [3.8, 4) is 16.9 Å². The minimum absolute atomic E-state index is 0.107. The Morgan fingerprint density at radius 3 is 2.56 bits per heavy atom. The Balaban J connectivity index is 1.24. The van der Waals surface area contributed by atoms with Crippen molar-refractivity contribution in [2.24, 2.45) is 0 Å². The van der Waals surface area contributed by atoms with Crippen molar-refractivity contribution < 1.29 is 13.2 Å². The second-order valence-electron chi connectivity index (χ2n) is 8.33. The van der Waals surface area contributed by atoms with Gasteiger partial charge in [0.05, 0.1) is 16.9 Å². The van der Waals surface area contributed by atoms with Crippen LogP contribution in [-0.2, 0) is 12.7 Å². The first kappa shape index (κ1) is 22.1. The molecule has 34 heavy (non-hydrogen) atoms. The van der Waals surface area contributed by atoms with Gasteiger partial charge in [0, 0.05) is 55.7 Å². The van der Waals surface area contributed by atoms with Crippen LogP contribution in [0.15, 0.2) is 61.4 Å². The number of anilines is 1. The lowest BCUT2D eigenvalue weighted by Gasteiger charge is -2.40. The van der Waals surface area contributed by atoms with E-state index in [1.807, 2.05) is 30.5 Å². The molecule has 1 fully saturated rings. The number of halogens is 3. The maximum absolute atomic E-state index is 12.8. The standard InChI is InChI=1S/C23H23F3N8/c1-16-12-32(8-9-33(16)21-7-4-19(11-28-21)23(24,25)26)13-18-10-29-31-22(18)17-2-5-20(6-3-17)34-15-27-14-30-34/h2-7,10-11,14-16H,8-9,12-13H2,1H3,(H,29,31)/t16-/m1/s1. The molecule has 8 nitrogen and oxygen atoms in total. The molecule has 1 saturated heterocycles. The van der Waals surface area contributed by atoms with E-state index in [9.17, 15) is 13.2 Å². The zero-order valence-corrected chi connectivity index (χ0v) is 18.4. The summed E-state index contributed by atoms with van der Waals surface area (Å²) in [4.78, 5) is 12.4. The Morgan fingerprint density at radius 1 is 1.09 bits per heavy atom. The average molecular weight is 468 g/mol. The number of rotatable bonds is 5. The quantitative estimate of drug-likeness (QED) is 0.480. The highest BCUT2D eigenvalue weighted by Crippen LogP contribution is 2.30. The van der Waals surface area contributed by atoms with Crippen LogP contribution in [-0.4, -0.2) is 60.5 Å². The third-order valence-corrected chi connectivity index (χ3v) is 6.02. The molecule has 1 aromatic carbocycles. The van der Waals surface area contributed by atoms with Crippen molar-refractivity contribution in [3.05, 3.63) is 72.6 Å². The van der Waals surface area contributed by atoms with Gasteiger partial charge < -0.3 is 4.90 Å². The predicted molar refractivity (Wildman–Crippen MR) is 120 cm³/mol. The number of pyridine rings is 1.